The van der Waals surface area contributed by atoms with Gasteiger partial charge >= 0.3 is 0 Å². The number of carbonyl (C=O) groups excluding carboxylic acids is 2. The second-order valence-corrected chi connectivity index (χ2v) is 9.01. The monoisotopic (exact) mass is 479 g/mol. The fourth-order valence-electron chi connectivity index (χ4n) is 4.08. The third kappa shape index (κ3) is 5.34. The van der Waals surface area contributed by atoms with Crippen LogP contribution in [0.2, 0.25) is 5.02 Å². The molecule has 3 heterocycles. The Balaban J connectivity index is 1.55. The van der Waals surface area contributed by atoms with Gasteiger partial charge in [-0.2, -0.15) is 0 Å². The van der Waals surface area contributed by atoms with E-state index in [1.54, 1.807) is 31.4 Å². The van der Waals surface area contributed by atoms with E-state index in [2.05, 4.69) is 4.98 Å². The Bertz CT molecular complexity index is 1270. The van der Waals surface area contributed by atoms with Crippen LogP contribution in [-0.4, -0.2) is 56.8 Å². The van der Waals surface area contributed by atoms with Crippen LogP contribution < -0.4 is 5.56 Å². The molecule has 8 nitrogen and oxygen atoms in total. The summed E-state index contributed by atoms with van der Waals surface area (Å²) in [6.07, 6.45) is 7.10. The first-order valence-electron chi connectivity index (χ1n) is 11.1. The summed E-state index contributed by atoms with van der Waals surface area (Å²) < 4.78 is 1.27. The maximum absolute atomic E-state index is 13.4. The minimum Gasteiger partial charge on any atom is -0.347 e. The Morgan fingerprint density at radius 2 is 2.00 bits per heavy atom. The summed E-state index contributed by atoms with van der Waals surface area (Å²) in [6, 6.07) is 10.2. The molecule has 0 aliphatic carbocycles. The molecule has 0 bridgehead atoms. The zero-order chi connectivity index (χ0) is 24.2. The lowest BCUT2D eigenvalue weighted by Gasteiger charge is -2.25. The summed E-state index contributed by atoms with van der Waals surface area (Å²) in [5, 5.41) is 0.669. The van der Waals surface area contributed by atoms with Gasteiger partial charge in [0, 0.05) is 50.5 Å². The number of benzene rings is 1. The van der Waals surface area contributed by atoms with Crippen molar-refractivity contribution in [3.63, 3.8) is 0 Å². The number of pyridine rings is 1. The molecule has 176 valence electrons. The van der Waals surface area contributed by atoms with Gasteiger partial charge in [-0.3, -0.25) is 24.4 Å². The minimum atomic E-state index is -0.329. The van der Waals surface area contributed by atoms with Crippen molar-refractivity contribution >= 4 is 23.4 Å². The topological polar surface area (TPSA) is 88.4 Å². The molecule has 1 aromatic carbocycles. The number of likely N-dealkylation sites (N-methyl/N-ethyl adjacent to an activating group) is 1. The van der Waals surface area contributed by atoms with Crippen LogP contribution in [0.25, 0.3) is 0 Å². The van der Waals surface area contributed by atoms with Crippen molar-refractivity contribution in [2.24, 2.45) is 0 Å². The summed E-state index contributed by atoms with van der Waals surface area (Å²) in [4.78, 5) is 50.0. The summed E-state index contributed by atoms with van der Waals surface area (Å²) in [5.41, 5.74) is 2.61. The van der Waals surface area contributed by atoms with Crippen LogP contribution in [0.5, 0.6) is 0 Å². The van der Waals surface area contributed by atoms with Gasteiger partial charge < -0.3 is 14.4 Å². The van der Waals surface area contributed by atoms with Crippen LogP contribution in [-0.2, 0) is 17.8 Å². The molecule has 1 aliphatic heterocycles. The largest absolute Gasteiger partial charge is 0.347 e. The molecular weight excluding hydrogens is 454 g/mol. The SMILES string of the molecule is CN(C)C(=O)Cn1cc(C(=O)N2CCCC2c2cncc(Cc3cccc(Cl)c3)n2)ccc1=O. The van der Waals surface area contributed by atoms with Crippen LogP contribution in [0.1, 0.15) is 46.2 Å². The second kappa shape index (κ2) is 10.2. The van der Waals surface area contributed by atoms with Gasteiger partial charge in [-0.25, -0.2) is 0 Å². The molecule has 9 heteroatoms. The summed E-state index contributed by atoms with van der Waals surface area (Å²) in [6.45, 7) is 0.465. The van der Waals surface area contributed by atoms with E-state index in [1.165, 1.54) is 27.8 Å². The zero-order valence-electron chi connectivity index (χ0n) is 19.1. The number of hydrogen-bond donors (Lipinski definition) is 0. The van der Waals surface area contributed by atoms with Crippen molar-refractivity contribution in [3.8, 4) is 0 Å². The Hall–Kier alpha value is -3.52. The second-order valence-electron chi connectivity index (χ2n) is 8.57. The number of nitrogens with zero attached hydrogens (tertiary/aromatic N) is 5. The smallest absolute Gasteiger partial charge is 0.255 e. The molecule has 1 aliphatic rings. The molecule has 1 saturated heterocycles. The number of rotatable bonds is 6. The van der Waals surface area contributed by atoms with E-state index in [0.717, 1.165) is 29.8 Å². The molecule has 2 aromatic heterocycles. The number of carbonyl (C=O) groups is 2. The highest BCUT2D eigenvalue weighted by atomic mass is 35.5. The van der Waals surface area contributed by atoms with Gasteiger partial charge in [0.15, 0.2) is 0 Å². The molecule has 0 N–H and O–H groups in total. The Labute approximate surface area is 202 Å². The van der Waals surface area contributed by atoms with Crippen molar-refractivity contribution in [2.75, 3.05) is 20.6 Å². The molecule has 2 amide bonds. The molecule has 3 aromatic rings. The summed E-state index contributed by atoms with van der Waals surface area (Å²) in [5.74, 6) is -0.423. The predicted octanol–water partition coefficient (Wildman–Crippen LogP) is 2.95. The fraction of sp³-hybridized carbons (Fsp3) is 0.320. The van der Waals surface area contributed by atoms with E-state index in [9.17, 15) is 14.4 Å². The van der Waals surface area contributed by atoms with Gasteiger partial charge in [-0.15, -0.1) is 0 Å². The number of amides is 2. The molecular formula is C25H26ClN5O3. The van der Waals surface area contributed by atoms with Gasteiger partial charge in [0.1, 0.15) is 6.54 Å². The van der Waals surface area contributed by atoms with E-state index in [-0.39, 0.29) is 30.0 Å². The van der Waals surface area contributed by atoms with Crippen molar-refractivity contribution in [3.05, 3.63) is 92.9 Å². The summed E-state index contributed by atoms with van der Waals surface area (Å²) >= 11 is 6.10. The number of hydrogen-bond acceptors (Lipinski definition) is 5. The fourth-order valence-corrected chi connectivity index (χ4v) is 4.29. The lowest BCUT2D eigenvalue weighted by Crippen LogP contribution is -2.34. The average molecular weight is 480 g/mol. The van der Waals surface area contributed by atoms with Gasteiger partial charge in [-0.05, 0) is 36.6 Å². The van der Waals surface area contributed by atoms with E-state index < -0.39 is 0 Å². The maximum atomic E-state index is 13.4. The van der Waals surface area contributed by atoms with Gasteiger partial charge in [-0.1, -0.05) is 23.7 Å². The zero-order valence-corrected chi connectivity index (χ0v) is 19.9. The molecule has 0 spiro atoms. The van der Waals surface area contributed by atoms with E-state index in [4.69, 9.17) is 16.6 Å². The van der Waals surface area contributed by atoms with Crippen molar-refractivity contribution in [1.82, 2.24) is 24.3 Å². The standard InChI is InChI=1S/C25H26ClN5O3/c1-29(2)24(33)16-30-15-18(8-9-23(30)32)25(34)31-10-4-7-22(31)21-14-27-13-20(28-21)12-17-5-3-6-19(26)11-17/h3,5-6,8-9,11,13-15,22H,4,7,10,12,16H2,1-2H3. The number of halogens is 1. The van der Waals surface area contributed by atoms with Crippen molar-refractivity contribution < 1.29 is 9.59 Å². The Kier molecular flexibility index (Phi) is 7.07. The normalized spacial score (nSPS) is 15.4. The van der Waals surface area contributed by atoms with E-state index in [0.29, 0.717) is 23.6 Å². The third-order valence-electron chi connectivity index (χ3n) is 5.87. The minimum absolute atomic E-state index is 0.118. The first-order chi connectivity index (χ1) is 16.3. The van der Waals surface area contributed by atoms with E-state index in [1.807, 2.05) is 24.3 Å². The first kappa shape index (κ1) is 23.6. The van der Waals surface area contributed by atoms with Crippen LogP contribution in [0, 0.1) is 0 Å². The number of aromatic nitrogens is 3. The molecule has 0 saturated carbocycles. The highest BCUT2D eigenvalue weighted by Crippen LogP contribution is 2.32. The first-order valence-corrected chi connectivity index (χ1v) is 11.5. The maximum Gasteiger partial charge on any atom is 0.255 e. The van der Waals surface area contributed by atoms with Crippen LogP contribution in [0.15, 0.2) is 59.8 Å². The molecule has 34 heavy (non-hydrogen) atoms. The van der Waals surface area contributed by atoms with Crippen molar-refractivity contribution in [1.29, 1.82) is 0 Å². The Morgan fingerprint density at radius 1 is 1.18 bits per heavy atom. The van der Waals surface area contributed by atoms with Gasteiger partial charge in [0.05, 0.1) is 29.2 Å². The number of likely N-dealkylation sites (tertiary alicyclic amines) is 1. The highest BCUT2D eigenvalue weighted by molar-refractivity contribution is 6.30. The van der Waals surface area contributed by atoms with Gasteiger partial charge in [0.2, 0.25) is 5.91 Å². The quantitative estimate of drug-likeness (QED) is 0.542. The Morgan fingerprint density at radius 3 is 2.76 bits per heavy atom. The molecule has 1 atom stereocenters. The molecule has 4 rings (SSSR count). The molecule has 0 radical (unpaired) electrons. The predicted molar refractivity (Wildman–Crippen MR) is 129 cm³/mol. The lowest BCUT2D eigenvalue weighted by molar-refractivity contribution is -0.129. The molecule has 1 unspecified atom stereocenters. The average Bonchev–Trinajstić information content (AvgIpc) is 3.30. The molecule has 1 fully saturated rings. The highest BCUT2D eigenvalue weighted by Gasteiger charge is 2.32. The van der Waals surface area contributed by atoms with Crippen LogP contribution in [0.4, 0.5) is 0 Å². The van der Waals surface area contributed by atoms with Crippen LogP contribution >= 0.6 is 11.6 Å². The van der Waals surface area contributed by atoms with Gasteiger partial charge in [0.25, 0.3) is 11.5 Å². The summed E-state index contributed by atoms with van der Waals surface area (Å²) in [7, 11) is 3.25. The lowest BCUT2D eigenvalue weighted by atomic mass is 10.1. The third-order valence-corrected chi connectivity index (χ3v) is 6.10. The van der Waals surface area contributed by atoms with Crippen molar-refractivity contribution in [2.45, 2.75) is 31.8 Å². The van der Waals surface area contributed by atoms with Crippen LogP contribution in [0.3, 0.4) is 0 Å². The van der Waals surface area contributed by atoms with E-state index >= 15 is 0 Å².